The first-order valence-corrected chi connectivity index (χ1v) is 8.58. The molecule has 1 amide bonds. The Balaban J connectivity index is 1.41. The number of amides is 1. The molecule has 118 valence electrons. The standard InChI is InChI=1S/C18H24N2O2/c21-18(17-12-14-6-1-2-8-16(14)22-17)20-11-5-7-15(20)13-19-9-3-4-10-19/h1-2,6,8,15,17H,3-5,7,9-13H2/t15-,17+/m1/s1. The zero-order valence-electron chi connectivity index (χ0n) is 13.0. The van der Waals surface area contributed by atoms with Gasteiger partial charge in [0.2, 0.25) is 0 Å². The highest BCUT2D eigenvalue weighted by atomic mass is 16.5. The number of carbonyl (C=O) groups excluding carboxylic acids is 1. The lowest BCUT2D eigenvalue weighted by molar-refractivity contribution is -0.139. The van der Waals surface area contributed by atoms with Gasteiger partial charge in [0.15, 0.2) is 6.10 Å². The summed E-state index contributed by atoms with van der Waals surface area (Å²) in [5, 5.41) is 0. The summed E-state index contributed by atoms with van der Waals surface area (Å²) in [6.07, 6.45) is 5.30. The fraction of sp³-hybridized carbons (Fsp3) is 0.611. The zero-order chi connectivity index (χ0) is 14.9. The molecule has 3 aliphatic rings. The lowest BCUT2D eigenvalue weighted by atomic mass is 10.1. The highest BCUT2D eigenvalue weighted by Crippen LogP contribution is 2.30. The van der Waals surface area contributed by atoms with Gasteiger partial charge in [-0.1, -0.05) is 18.2 Å². The van der Waals surface area contributed by atoms with Crippen molar-refractivity contribution in [3.8, 4) is 5.75 Å². The second kappa shape index (κ2) is 5.92. The van der Waals surface area contributed by atoms with Gasteiger partial charge in [0.1, 0.15) is 5.75 Å². The van der Waals surface area contributed by atoms with E-state index in [1.54, 1.807) is 0 Å². The lowest BCUT2D eigenvalue weighted by Gasteiger charge is -2.30. The van der Waals surface area contributed by atoms with E-state index in [0.717, 1.165) is 43.7 Å². The SMILES string of the molecule is O=C([C@@H]1Cc2ccccc2O1)N1CCC[C@@H]1CN1CCCC1. The average molecular weight is 300 g/mol. The minimum Gasteiger partial charge on any atom is -0.480 e. The summed E-state index contributed by atoms with van der Waals surface area (Å²) in [5.41, 5.74) is 1.16. The number of para-hydroxylation sites is 1. The molecule has 2 atom stereocenters. The van der Waals surface area contributed by atoms with Crippen LogP contribution in [0.15, 0.2) is 24.3 Å². The van der Waals surface area contributed by atoms with Crippen molar-refractivity contribution >= 4 is 5.91 Å². The number of hydrogen-bond acceptors (Lipinski definition) is 3. The first-order chi connectivity index (χ1) is 10.8. The summed E-state index contributed by atoms with van der Waals surface area (Å²) in [6.45, 7) is 4.34. The summed E-state index contributed by atoms with van der Waals surface area (Å²) in [5.74, 6) is 1.08. The molecule has 3 aliphatic heterocycles. The Hall–Kier alpha value is -1.55. The molecule has 4 rings (SSSR count). The molecule has 0 unspecified atom stereocenters. The fourth-order valence-electron chi connectivity index (χ4n) is 4.08. The van der Waals surface area contributed by atoms with Gasteiger partial charge in [0.05, 0.1) is 0 Å². The van der Waals surface area contributed by atoms with E-state index in [-0.39, 0.29) is 12.0 Å². The molecule has 3 heterocycles. The van der Waals surface area contributed by atoms with Crippen molar-refractivity contribution in [1.29, 1.82) is 0 Å². The highest BCUT2D eigenvalue weighted by Gasteiger charge is 2.37. The molecule has 0 bridgehead atoms. The number of ether oxygens (including phenoxy) is 1. The summed E-state index contributed by atoms with van der Waals surface area (Å²) in [7, 11) is 0. The first kappa shape index (κ1) is 14.1. The molecule has 1 aromatic rings. The molecule has 4 heteroatoms. The maximum absolute atomic E-state index is 12.9. The first-order valence-electron chi connectivity index (χ1n) is 8.58. The Morgan fingerprint density at radius 1 is 1.14 bits per heavy atom. The molecule has 0 aromatic heterocycles. The number of nitrogens with zero attached hydrogens (tertiary/aromatic N) is 2. The van der Waals surface area contributed by atoms with E-state index < -0.39 is 0 Å². The van der Waals surface area contributed by atoms with Gasteiger partial charge in [-0.2, -0.15) is 0 Å². The molecular weight excluding hydrogens is 276 g/mol. The van der Waals surface area contributed by atoms with Crippen LogP contribution in [-0.4, -0.2) is 54.0 Å². The smallest absolute Gasteiger partial charge is 0.264 e. The van der Waals surface area contributed by atoms with Crippen LogP contribution in [0.5, 0.6) is 5.75 Å². The van der Waals surface area contributed by atoms with Gasteiger partial charge in [0, 0.05) is 25.6 Å². The number of likely N-dealkylation sites (tertiary alicyclic amines) is 2. The van der Waals surface area contributed by atoms with E-state index in [1.807, 2.05) is 18.2 Å². The lowest BCUT2D eigenvalue weighted by Crippen LogP contribution is -2.47. The number of hydrogen-bond donors (Lipinski definition) is 0. The van der Waals surface area contributed by atoms with Gasteiger partial charge < -0.3 is 14.5 Å². The molecule has 22 heavy (non-hydrogen) atoms. The number of fused-ring (bicyclic) bond motifs is 1. The van der Waals surface area contributed by atoms with Crippen molar-refractivity contribution in [3.05, 3.63) is 29.8 Å². The van der Waals surface area contributed by atoms with Gasteiger partial charge in [-0.15, -0.1) is 0 Å². The van der Waals surface area contributed by atoms with Crippen LogP contribution in [0.3, 0.4) is 0 Å². The quantitative estimate of drug-likeness (QED) is 0.857. The van der Waals surface area contributed by atoms with E-state index >= 15 is 0 Å². The van der Waals surface area contributed by atoms with Crippen molar-refractivity contribution in [1.82, 2.24) is 9.80 Å². The van der Waals surface area contributed by atoms with Crippen LogP contribution < -0.4 is 4.74 Å². The average Bonchev–Trinajstić information content (AvgIpc) is 3.27. The van der Waals surface area contributed by atoms with E-state index in [0.29, 0.717) is 6.04 Å². The maximum Gasteiger partial charge on any atom is 0.264 e. The van der Waals surface area contributed by atoms with Crippen LogP contribution in [-0.2, 0) is 11.2 Å². The van der Waals surface area contributed by atoms with Gasteiger partial charge in [-0.25, -0.2) is 0 Å². The topological polar surface area (TPSA) is 32.8 Å². The van der Waals surface area contributed by atoms with Gasteiger partial charge >= 0.3 is 0 Å². The number of carbonyl (C=O) groups is 1. The monoisotopic (exact) mass is 300 g/mol. The van der Waals surface area contributed by atoms with E-state index in [2.05, 4.69) is 15.9 Å². The third-order valence-corrected chi connectivity index (χ3v) is 5.25. The molecule has 2 fully saturated rings. The second-order valence-corrected chi connectivity index (χ2v) is 6.75. The summed E-state index contributed by atoms with van der Waals surface area (Å²) in [6, 6.07) is 8.40. The van der Waals surface area contributed by atoms with Gasteiger partial charge in [0.25, 0.3) is 5.91 Å². The van der Waals surface area contributed by atoms with Crippen LogP contribution in [0.1, 0.15) is 31.2 Å². The Morgan fingerprint density at radius 3 is 2.77 bits per heavy atom. The Labute approximate surface area is 132 Å². The Bertz CT molecular complexity index is 529. The fourth-order valence-corrected chi connectivity index (χ4v) is 4.08. The normalized spacial score (nSPS) is 27.9. The minimum absolute atomic E-state index is 0.192. The molecule has 0 N–H and O–H groups in total. The molecule has 0 saturated carbocycles. The summed E-state index contributed by atoms with van der Waals surface area (Å²) < 4.78 is 5.89. The summed E-state index contributed by atoms with van der Waals surface area (Å²) >= 11 is 0. The van der Waals surface area contributed by atoms with Crippen LogP contribution in [0.25, 0.3) is 0 Å². The highest BCUT2D eigenvalue weighted by molar-refractivity contribution is 5.83. The van der Waals surface area contributed by atoms with Crippen LogP contribution in [0.2, 0.25) is 0 Å². The molecule has 1 aromatic carbocycles. The van der Waals surface area contributed by atoms with Gasteiger partial charge in [-0.3, -0.25) is 4.79 Å². The zero-order valence-corrected chi connectivity index (χ0v) is 13.0. The molecule has 0 radical (unpaired) electrons. The largest absolute Gasteiger partial charge is 0.480 e. The van der Waals surface area contributed by atoms with Crippen molar-refractivity contribution in [3.63, 3.8) is 0 Å². The number of benzene rings is 1. The number of rotatable bonds is 3. The predicted octanol–water partition coefficient (Wildman–Crippen LogP) is 2.08. The van der Waals surface area contributed by atoms with Crippen molar-refractivity contribution in [2.24, 2.45) is 0 Å². The van der Waals surface area contributed by atoms with Crippen molar-refractivity contribution < 1.29 is 9.53 Å². The second-order valence-electron chi connectivity index (χ2n) is 6.75. The molecular formula is C18H24N2O2. The van der Waals surface area contributed by atoms with Gasteiger partial charge in [-0.05, 0) is 50.4 Å². The summed E-state index contributed by atoms with van der Waals surface area (Å²) in [4.78, 5) is 17.5. The van der Waals surface area contributed by atoms with E-state index in [9.17, 15) is 4.79 Å². The predicted molar refractivity (Wildman–Crippen MR) is 85.0 cm³/mol. The molecule has 0 aliphatic carbocycles. The third kappa shape index (κ3) is 2.60. The van der Waals surface area contributed by atoms with Crippen LogP contribution in [0, 0.1) is 0 Å². The Morgan fingerprint density at radius 2 is 1.95 bits per heavy atom. The van der Waals surface area contributed by atoms with Crippen LogP contribution >= 0.6 is 0 Å². The van der Waals surface area contributed by atoms with E-state index in [1.165, 1.54) is 25.9 Å². The van der Waals surface area contributed by atoms with E-state index in [4.69, 9.17) is 4.74 Å². The minimum atomic E-state index is -0.309. The van der Waals surface area contributed by atoms with Crippen LogP contribution in [0.4, 0.5) is 0 Å². The molecule has 4 nitrogen and oxygen atoms in total. The van der Waals surface area contributed by atoms with Crippen molar-refractivity contribution in [2.75, 3.05) is 26.2 Å². The Kier molecular flexibility index (Phi) is 3.78. The molecule has 2 saturated heterocycles. The van der Waals surface area contributed by atoms with Crippen molar-refractivity contribution in [2.45, 2.75) is 44.2 Å². The molecule has 0 spiro atoms. The maximum atomic E-state index is 12.9. The third-order valence-electron chi connectivity index (χ3n) is 5.25.